The number of fused-ring (bicyclic) bond motifs is 1. The maximum atomic E-state index is 11.5. The van der Waals surface area contributed by atoms with Gasteiger partial charge in [0, 0.05) is 23.1 Å². The van der Waals surface area contributed by atoms with Crippen LogP contribution in [0.25, 0.3) is 16.8 Å². The fraction of sp³-hybridized carbons (Fsp3) is 0.100. The van der Waals surface area contributed by atoms with Crippen molar-refractivity contribution in [2.75, 3.05) is 16.3 Å². The molecule has 0 spiro atoms. The van der Waals surface area contributed by atoms with Crippen LogP contribution < -0.4 is 10.0 Å². The minimum Gasteiger partial charge on any atom is -0.340 e. The van der Waals surface area contributed by atoms with Crippen LogP contribution in [0.2, 0.25) is 0 Å². The molecule has 0 fully saturated rings. The van der Waals surface area contributed by atoms with Crippen LogP contribution in [0.15, 0.2) is 67.0 Å². The number of sulfonamides is 1. The van der Waals surface area contributed by atoms with Gasteiger partial charge in [-0.3, -0.25) is 4.72 Å². The van der Waals surface area contributed by atoms with E-state index >= 15 is 0 Å². The highest BCUT2D eigenvalue weighted by Gasteiger charge is 2.11. The first-order valence-electron chi connectivity index (χ1n) is 8.64. The largest absolute Gasteiger partial charge is 0.340 e. The molecule has 0 aliphatic rings. The van der Waals surface area contributed by atoms with Crippen molar-refractivity contribution in [1.29, 1.82) is 0 Å². The SMILES string of the molecule is Cc1ccc(Nc2ccn3ncc(-c4cccc(NS(C)(=O)=O)c4)c3n2)cc1. The quantitative estimate of drug-likeness (QED) is 0.538. The number of anilines is 3. The summed E-state index contributed by atoms with van der Waals surface area (Å²) < 4.78 is 27.2. The molecule has 0 aliphatic heterocycles. The Morgan fingerprint density at radius 1 is 1.00 bits per heavy atom. The van der Waals surface area contributed by atoms with E-state index in [1.807, 2.05) is 49.5 Å². The van der Waals surface area contributed by atoms with Gasteiger partial charge in [0.15, 0.2) is 5.65 Å². The van der Waals surface area contributed by atoms with E-state index in [-0.39, 0.29) is 0 Å². The Kier molecular flexibility index (Phi) is 4.48. The lowest BCUT2D eigenvalue weighted by Gasteiger charge is -2.08. The second kappa shape index (κ2) is 6.97. The molecule has 0 atom stereocenters. The van der Waals surface area contributed by atoms with E-state index in [0.717, 1.165) is 23.1 Å². The first-order chi connectivity index (χ1) is 13.4. The highest BCUT2D eigenvalue weighted by molar-refractivity contribution is 7.92. The lowest BCUT2D eigenvalue weighted by molar-refractivity contribution is 0.607. The van der Waals surface area contributed by atoms with Crippen molar-refractivity contribution >= 4 is 32.9 Å². The summed E-state index contributed by atoms with van der Waals surface area (Å²) in [7, 11) is -3.35. The fourth-order valence-electron chi connectivity index (χ4n) is 2.89. The van der Waals surface area contributed by atoms with Gasteiger partial charge >= 0.3 is 0 Å². The average molecular weight is 393 g/mol. The number of hydrogen-bond donors (Lipinski definition) is 2. The lowest BCUT2D eigenvalue weighted by atomic mass is 10.1. The number of aryl methyl sites for hydroxylation is 1. The Balaban J connectivity index is 1.70. The topological polar surface area (TPSA) is 88.4 Å². The molecule has 0 saturated carbocycles. The van der Waals surface area contributed by atoms with Crippen LogP contribution in [0.4, 0.5) is 17.2 Å². The molecule has 7 nitrogen and oxygen atoms in total. The molecule has 2 N–H and O–H groups in total. The van der Waals surface area contributed by atoms with Crippen LogP contribution in [-0.2, 0) is 10.0 Å². The molecular formula is C20H19N5O2S. The molecule has 0 aliphatic carbocycles. The van der Waals surface area contributed by atoms with Crippen molar-refractivity contribution in [3.8, 4) is 11.1 Å². The molecule has 0 saturated heterocycles. The first kappa shape index (κ1) is 18.0. The predicted molar refractivity (Wildman–Crippen MR) is 111 cm³/mol. The van der Waals surface area contributed by atoms with Crippen LogP contribution in [-0.4, -0.2) is 29.3 Å². The molecule has 4 aromatic rings. The summed E-state index contributed by atoms with van der Waals surface area (Å²) in [6.07, 6.45) is 4.68. The van der Waals surface area contributed by atoms with Gasteiger partial charge in [0.2, 0.25) is 10.0 Å². The summed E-state index contributed by atoms with van der Waals surface area (Å²) in [5, 5.41) is 7.64. The van der Waals surface area contributed by atoms with Gasteiger partial charge in [-0.15, -0.1) is 0 Å². The van der Waals surface area contributed by atoms with Crippen molar-refractivity contribution in [1.82, 2.24) is 14.6 Å². The monoisotopic (exact) mass is 393 g/mol. The Morgan fingerprint density at radius 3 is 2.54 bits per heavy atom. The summed E-state index contributed by atoms with van der Waals surface area (Å²) in [4.78, 5) is 4.68. The minimum absolute atomic E-state index is 0.494. The van der Waals surface area contributed by atoms with Crippen molar-refractivity contribution in [2.24, 2.45) is 0 Å². The molecule has 28 heavy (non-hydrogen) atoms. The van der Waals surface area contributed by atoms with Gasteiger partial charge in [0.1, 0.15) is 5.82 Å². The second-order valence-electron chi connectivity index (χ2n) is 6.59. The van der Waals surface area contributed by atoms with Gasteiger partial charge in [0.05, 0.1) is 12.5 Å². The van der Waals surface area contributed by atoms with E-state index < -0.39 is 10.0 Å². The van der Waals surface area contributed by atoms with Crippen LogP contribution in [0, 0.1) is 6.92 Å². The Bertz CT molecular complexity index is 1250. The van der Waals surface area contributed by atoms with Crippen LogP contribution >= 0.6 is 0 Å². The van der Waals surface area contributed by atoms with Gasteiger partial charge < -0.3 is 5.32 Å². The van der Waals surface area contributed by atoms with E-state index in [1.165, 1.54) is 5.56 Å². The van der Waals surface area contributed by atoms with Gasteiger partial charge in [0.25, 0.3) is 0 Å². The summed E-state index contributed by atoms with van der Waals surface area (Å²) >= 11 is 0. The van der Waals surface area contributed by atoms with Crippen molar-refractivity contribution < 1.29 is 8.42 Å². The number of benzene rings is 2. The van der Waals surface area contributed by atoms with Gasteiger partial charge in [-0.1, -0.05) is 29.8 Å². The summed E-state index contributed by atoms with van der Waals surface area (Å²) in [6.45, 7) is 2.04. The Labute approximate surface area is 163 Å². The molecule has 142 valence electrons. The van der Waals surface area contributed by atoms with E-state index in [9.17, 15) is 8.42 Å². The molecule has 0 unspecified atom stereocenters. The summed E-state index contributed by atoms with van der Waals surface area (Å²) in [5.74, 6) is 0.698. The van der Waals surface area contributed by atoms with Gasteiger partial charge in [-0.25, -0.2) is 17.9 Å². The first-order valence-corrected chi connectivity index (χ1v) is 10.5. The molecule has 2 aromatic heterocycles. The molecule has 0 amide bonds. The third-order valence-corrected chi connectivity index (χ3v) is 4.78. The van der Waals surface area contributed by atoms with Crippen molar-refractivity contribution in [3.05, 3.63) is 72.6 Å². The second-order valence-corrected chi connectivity index (χ2v) is 8.33. The minimum atomic E-state index is -3.35. The molecular weight excluding hydrogens is 374 g/mol. The third kappa shape index (κ3) is 3.96. The summed E-state index contributed by atoms with van der Waals surface area (Å²) in [6, 6.07) is 17.1. The highest BCUT2D eigenvalue weighted by atomic mass is 32.2. The molecule has 0 radical (unpaired) electrons. The molecule has 8 heteroatoms. The fourth-order valence-corrected chi connectivity index (χ4v) is 3.45. The number of nitrogens with zero attached hydrogens (tertiary/aromatic N) is 3. The number of nitrogens with one attached hydrogen (secondary N) is 2. The van der Waals surface area contributed by atoms with Gasteiger partial charge in [-0.05, 0) is 42.8 Å². The average Bonchev–Trinajstić information content (AvgIpc) is 3.06. The zero-order chi connectivity index (χ0) is 19.7. The van der Waals surface area contributed by atoms with E-state index in [4.69, 9.17) is 0 Å². The smallest absolute Gasteiger partial charge is 0.229 e. The number of hydrogen-bond acceptors (Lipinski definition) is 5. The molecule has 4 rings (SSSR count). The van der Waals surface area contributed by atoms with Crippen LogP contribution in [0.5, 0.6) is 0 Å². The molecule has 0 bridgehead atoms. The zero-order valence-corrected chi connectivity index (χ0v) is 16.2. The zero-order valence-electron chi connectivity index (χ0n) is 15.4. The number of rotatable bonds is 5. The standard InChI is InChI=1S/C20H19N5O2S/c1-14-6-8-16(9-7-14)22-19-10-11-25-20(23-19)18(13-21-25)15-4-3-5-17(12-15)24-28(2,26)27/h3-13,24H,1-2H3,(H,22,23). The van der Waals surface area contributed by atoms with Gasteiger partial charge in [-0.2, -0.15) is 5.10 Å². The normalized spacial score (nSPS) is 11.5. The Morgan fingerprint density at radius 2 is 1.79 bits per heavy atom. The maximum Gasteiger partial charge on any atom is 0.229 e. The van der Waals surface area contributed by atoms with E-state index in [1.54, 1.807) is 28.9 Å². The third-order valence-electron chi connectivity index (χ3n) is 4.17. The Hall–Kier alpha value is -3.39. The lowest BCUT2D eigenvalue weighted by Crippen LogP contribution is -2.09. The van der Waals surface area contributed by atoms with E-state index in [0.29, 0.717) is 17.2 Å². The van der Waals surface area contributed by atoms with Crippen LogP contribution in [0.1, 0.15) is 5.56 Å². The number of aromatic nitrogens is 3. The predicted octanol–water partition coefficient (Wildman–Crippen LogP) is 3.82. The van der Waals surface area contributed by atoms with Crippen molar-refractivity contribution in [2.45, 2.75) is 6.92 Å². The maximum absolute atomic E-state index is 11.5. The summed E-state index contributed by atoms with van der Waals surface area (Å²) in [5.41, 5.74) is 4.94. The van der Waals surface area contributed by atoms with E-state index in [2.05, 4.69) is 20.1 Å². The van der Waals surface area contributed by atoms with Crippen molar-refractivity contribution in [3.63, 3.8) is 0 Å². The van der Waals surface area contributed by atoms with Crippen LogP contribution in [0.3, 0.4) is 0 Å². The molecule has 2 heterocycles. The highest BCUT2D eigenvalue weighted by Crippen LogP contribution is 2.27. The molecule has 2 aromatic carbocycles.